The van der Waals surface area contributed by atoms with E-state index in [1.165, 1.54) is 0 Å². The van der Waals surface area contributed by atoms with Crippen molar-refractivity contribution in [1.29, 1.82) is 0 Å². The highest BCUT2D eigenvalue weighted by Crippen LogP contribution is 2.28. The Morgan fingerprint density at radius 1 is 1.26 bits per heavy atom. The first kappa shape index (κ1) is 14.1. The van der Waals surface area contributed by atoms with Crippen LogP contribution < -0.4 is 5.32 Å². The second-order valence-electron chi connectivity index (χ2n) is 4.86. The normalized spacial score (nSPS) is 15.2. The smallest absolute Gasteiger partial charge is 0.223 e. The van der Waals surface area contributed by atoms with Crippen LogP contribution in [0.3, 0.4) is 0 Å². The molecular weight excluding hydrogens is 262 g/mol. The zero-order valence-corrected chi connectivity index (χ0v) is 11.9. The number of rotatable bonds is 6. The molecule has 1 saturated carbocycles. The molecule has 1 amide bonds. The van der Waals surface area contributed by atoms with Crippen molar-refractivity contribution in [2.24, 2.45) is 5.92 Å². The Bertz CT molecular complexity index is 545. The van der Waals surface area contributed by atoms with Crippen molar-refractivity contribution in [2.75, 3.05) is 12.3 Å². The molecule has 0 aromatic heterocycles. The average Bonchev–Trinajstić information content (AvgIpc) is 3.23. The highest BCUT2D eigenvalue weighted by atomic mass is 32.2. The van der Waals surface area contributed by atoms with Crippen LogP contribution in [0.4, 0.5) is 0 Å². The number of sulfone groups is 1. The Morgan fingerprint density at radius 3 is 2.42 bits per heavy atom. The van der Waals surface area contributed by atoms with Gasteiger partial charge in [0, 0.05) is 12.5 Å². The Labute approximate surface area is 114 Å². The van der Waals surface area contributed by atoms with Crippen LogP contribution in [0.15, 0.2) is 29.2 Å². The summed E-state index contributed by atoms with van der Waals surface area (Å²) in [5, 5.41) is 2.89. The molecule has 1 N–H and O–H groups in total. The average molecular weight is 281 g/mol. The summed E-state index contributed by atoms with van der Waals surface area (Å²) in [6, 6.07) is 6.89. The summed E-state index contributed by atoms with van der Waals surface area (Å²) in [5.74, 6) is 0.492. The lowest BCUT2D eigenvalue weighted by Gasteiger charge is -2.06. The molecule has 0 bridgehead atoms. The Kier molecular flexibility index (Phi) is 4.24. The molecule has 104 valence electrons. The molecule has 0 heterocycles. The van der Waals surface area contributed by atoms with Gasteiger partial charge < -0.3 is 5.32 Å². The van der Waals surface area contributed by atoms with Gasteiger partial charge >= 0.3 is 0 Å². The molecular formula is C14H19NO3S. The van der Waals surface area contributed by atoms with E-state index in [1.54, 1.807) is 19.1 Å². The van der Waals surface area contributed by atoms with Gasteiger partial charge in [-0.2, -0.15) is 0 Å². The molecule has 1 aliphatic carbocycles. The summed E-state index contributed by atoms with van der Waals surface area (Å²) in [4.78, 5) is 11.8. The molecule has 1 aromatic carbocycles. The number of nitrogens with one attached hydrogen (secondary N) is 1. The third kappa shape index (κ3) is 3.80. The van der Waals surface area contributed by atoms with Gasteiger partial charge in [0.05, 0.1) is 10.6 Å². The molecule has 0 saturated heterocycles. The fraction of sp³-hybridized carbons (Fsp3) is 0.500. The van der Waals surface area contributed by atoms with Crippen molar-refractivity contribution in [3.8, 4) is 0 Å². The molecule has 0 aliphatic heterocycles. The molecule has 1 fully saturated rings. The molecule has 5 heteroatoms. The molecule has 0 spiro atoms. The van der Waals surface area contributed by atoms with Gasteiger partial charge in [0.1, 0.15) is 0 Å². The predicted molar refractivity (Wildman–Crippen MR) is 73.6 cm³/mol. The molecule has 19 heavy (non-hydrogen) atoms. The summed E-state index contributed by atoms with van der Waals surface area (Å²) in [7, 11) is -3.12. The van der Waals surface area contributed by atoms with Crippen molar-refractivity contribution in [1.82, 2.24) is 5.32 Å². The number of carbonyl (C=O) groups excluding carboxylic acids is 1. The maximum atomic E-state index is 11.6. The first-order chi connectivity index (χ1) is 9.03. The van der Waals surface area contributed by atoms with Crippen molar-refractivity contribution in [2.45, 2.75) is 31.1 Å². The molecule has 1 aromatic rings. The van der Waals surface area contributed by atoms with Gasteiger partial charge in [-0.05, 0) is 37.0 Å². The maximum Gasteiger partial charge on any atom is 0.223 e. The third-order valence-corrected chi connectivity index (χ3v) is 5.07. The third-order valence-electron chi connectivity index (χ3n) is 3.32. The van der Waals surface area contributed by atoms with Crippen molar-refractivity contribution in [3.05, 3.63) is 29.8 Å². The van der Waals surface area contributed by atoms with Gasteiger partial charge in [-0.15, -0.1) is 0 Å². The lowest BCUT2D eigenvalue weighted by Crippen LogP contribution is -2.26. The fourth-order valence-corrected chi connectivity index (χ4v) is 2.73. The summed E-state index contributed by atoms with van der Waals surface area (Å²) in [6.07, 6.45) is 2.75. The second-order valence-corrected chi connectivity index (χ2v) is 7.14. The van der Waals surface area contributed by atoms with E-state index in [1.807, 2.05) is 12.1 Å². The van der Waals surface area contributed by atoms with Crippen molar-refractivity contribution in [3.63, 3.8) is 0 Å². The lowest BCUT2D eigenvalue weighted by molar-refractivity contribution is -0.122. The van der Waals surface area contributed by atoms with Crippen LogP contribution in [0, 0.1) is 5.92 Å². The van der Waals surface area contributed by atoms with E-state index in [4.69, 9.17) is 0 Å². The lowest BCUT2D eigenvalue weighted by atomic mass is 10.1. The van der Waals surface area contributed by atoms with Gasteiger partial charge in [-0.1, -0.05) is 19.1 Å². The number of benzene rings is 1. The van der Waals surface area contributed by atoms with Gasteiger partial charge in [0.25, 0.3) is 0 Å². The van der Waals surface area contributed by atoms with E-state index >= 15 is 0 Å². The molecule has 1 aliphatic rings. The van der Waals surface area contributed by atoms with E-state index in [0.717, 1.165) is 24.8 Å². The molecule has 0 radical (unpaired) electrons. The number of amides is 1. The number of hydrogen-bond acceptors (Lipinski definition) is 3. The Morgan fingerprint density at radius 2 is 1.89 bits per heavy atom. The summed E-state index contributed by atoms with van der Waals surface area (Å²) < 4.78 is 23.3. The van der Waals surface area contributed by atoms with Crippen LogP contribution in [0.5, 0.6) is 0 Å². The van der Waals surface area contributed by atoms with Crippen LogP contribution >= 0.6 is 0 Å². The zero-order chi connectivity index (χ0) is 13.9. The highest BCUT2D eigenvalue weighted by molar-refractivity contribution is 7.91. The Balaban J connectivity index is 1.86. The minimum absolute atomic E-state index is 0.115. The minimum Gasteiger partial charge on any atom is -0.356 e. The minimum atomic E-state index is -3.12. The first-order valence-corrected chi connectivity index (χ1v) is 8.27. The van der Waals surface area contributed by atoms with E-state index in [2.05, 4.69) is 5.32 Å². The SMILES string of the molecule is CCS(=O)(=O)c1ccc(CCNC(=O)C2CC2)cc1. The van der Waals surface area contributed by atoms with E-state index in [9.17, 15) is 13.2 Å². The van der Waals surface area contributed by atoms with Crippen LogP contribution in [-0.2, 0) is 21.1 Å². The molecule has 0 atom stereocenters. The van der Waals surface area contributed by atoms with Gasteiger partial charge in [-0.3, -0.25) is 4.79 Å². The summed E-state index contributed by atoms with van der Waals surface area (Å²) in [6.45, 7) is 2.24. The quantitative estimate of drug-likeness (QED) is 0.860. The van der Waals surface area contributed by atoms with E-state index in [0.29, 0.717) is 11.4 Å². The van der Waals surface area contributed by atoms with Crippen LogP contribution in [0.25, 0.3) is 0 Å². The number of carbonyl (C=O) groups is 1. The topological polar surface area (TPSA) is 63.2 Å². The Hall–Kier alpha value is -1.36. The van der Waals surface area contributed by atoms with Crippen molar-refractivity contribution >= 4 is 15.7 Å². The predicted octanol–water partition coefficient (Wildman–Crippen LogP) is 1.55. The number of hydrogen-bond donors (Lipinski definition) is 1. The van der Waals surface area contributed by atoms with E-state index in [-0.39, 0.29) is 17.6 Å². The zero-order valence-electron chi connectivity index (χ0n) is 11.1. The van der Waals surface area contributed by atoms with Crippen molar-refractivity contribution < 1.29 is 13.2 Å². The molecule has 4 nitrogen and oxygen atoms in total. The largest absolute Gasteiger partial charge is 0.356 e. The van der Waals surface area contributed by atoms with Crippen LogP contribution in [-0.4, -0.2) is 26.6 Å². The van der Waals surface area contributed by atoms with Gasteiger partial charge in [-0.25, -0.2) is 8.42 Å². The van der Waals surface area contributed by atoms with E-state index < -0.39 is 9.84 Å². The summed E-state index contributed by atoms with van der Waals surface area (Å²) in [5.41, 5.74) is 1.03. The van der Waals surface area contributed by atoms with Crippen LogP contribution in [0.2, 0.25) is 0 Å². The van der Waals surface area contributed by atoms with Crippen LogP contribution in [0.1, 0.15) is 25.3 Å². The van der Waals surface area contributed by atoms with Gasteiger partial charge in [0.2, 0.25) is 5.91 Å². The summed E-state index contributed by atoms with van der Waals surface area (Å²) >= 11 is 0. The van der Waals surface area contributed by atoms with Gasteiger partial charge in [0.15, 0.2) is 9.84 Å². The second kappa shape index (κ2) is 5.74. The fourth-order valence-electron chi connectivity index (χ4n) is 1.85. The first-order valence-electron chi connectivity index (χ1n) is 6.62. The monoisotopic (exact) mass is 281 g/mol. The highest BCUT2D eigenvalue weighted by Gasteiger charge is 2.28. The maximum absolute atomic E-state index is 11.6. The molecule has 2 rings (SSSR count). The molecule has 0 unspecified atom stereocenters. The standard InChI is InChI=1S/C14H19NO3S/c1-2-19(17,18)13-7-3-11(4-8-13)9-10-15-14(16)12-5-6-12/h3-4,7-8,12H,2,5-6,9-10H2,1H3,(H,15,16).